The molecule has 0 saturated carbocycles. The summed E-state index contributed by atoms with van der Waals surface area (Å²) in [6.07, 6.45) is 0.986. The number of halogens is 2. The molecule has 1 aliphatic rings. The van der Waals surface area contributed by atoms with Gasteiger partial charge in [-0.2, -0.15) is 16.1 Å². The van der Waals surface area contributed by atoms with Crippen molar-refractivity contribution < 1.29 is 8.42 Å². The van der Waals surface area contributed by atoms with Crippen molar-refractivity contribution >= 4 is 49.3 Å². The molecule has 1 aromatic rings. The fourth-order valence-electron chi connectivity index (χ4n) is 2.13. The summed E-state index contributed by atoms with van der Waals surface area (Å²) < 4.78 is 27.8. The average molecular weight is 399 g/mol. The smallest absolute Gasteiger partial charge is 0.207 e. The maximum absolute atomic E-state index is 12.8. The Morgan fingerprint density at radius 2 is 2.25 bits per heavy atom. The van der Waals surface area contributed by atoms with E-state index < -0.39 is 10.0 Å². The largest absolute Gasteiger partial charge is 0.244 e. The Kier molecular flexibility index (Phi) is 5.82. The van der Waals surface area contributed by atoms with E-state index in [2.05, 4.69) is 22.9 Å². The fourth-order valence-corrected chi connectivity index (χ4v) is 6.14. The molecule has 112 valence electrons. The van der Waals surface area contributed by atoms with Gasteiger partial charge in [0, 0.05) is 34.4 Å². The van der Waals surface area contributed by atoms with Crippen molar-refractivity contribution in [2.75, 3.05) is 18.8 Å². The molecule has 7 heteroatoms. The molecule has 0 aromatic heterocycles. The number of hydrogen-bond acceptors (Lipinski definition) is 3. The summed E-state index contributed by atoms with van der Waals surface area (Å²) in [6.45, 7) is 3.25. The maximum atomic E-state index is 12.8. The molecule has 0 aliphatic carbocycles. The Labute approximate surface area is 138 Å². The van der Waals surface area contributed by atoms with Crippen LogP contribution in [-0.4, -0.2) is 36.8 Å². The van der Waals surface area contributed by atoms with Crippen LogP contribution in [0.1, 0.15) is 18.9 Å². The van der Waals surface area contributed by atoms with Gasteiger partial charge in [-0.1, -0.05) is 13.0 Å². The molecule has 1 aromatic carbocycles. The van der Waals surface area contributed by atoms with Crippen molar-refractivity contribution in [2.24, 2.45) is 0 Å². The summed E-state index contributed by atoms with van der Waals surface area (Å²) >= 11 is 11.0. The second-order valence-electron chi connectivity index (χ2n) is 4.66. The van der Waals surface area contributed by atoms with Crippen LogP contribution in [0.25, 0.3) is 0 Å². The van der Waals surface area contributed by atoms with Crippen molar-refractivity contribution in [1.29, 1.82) is 0 Å². The average Bonchev–Trinajstić information content (AvgIpc) is 2.47. The molecule has 1 saturated heterocycles. The van der Waals surface area contributed by atoms with Gasteiger partial charge in [0.1, 0.15) is 0 Å². The molecule has 3 nitrogen and oxygen atoms in total. The molecule has 2 rings (SSSR count). The van der Waals surface area contributed by atoms with E-state index in [1.54, 1.807) is 16.4 Å². The lowest BCUT2D eigenvalue weighted by Crippen LogP contribution is -2.41. The highest BCUT2D eigenvalue weighted by Gasteiger charge is 2.31. The highest BCUT2D eigenvalue weighted by molar-refractivity contribution is 9.10. The molecule has 0 amide bonds. The van der Waals surface area contributed by atoms with E-state index >= 15 is 0 Å². The van der Waals surface area contributed by atoms with Crippen molar-refractivity contribution in [1.82, 2.24) is 4.31 Å². The van der Waals surface area contributed by atoms with Crippen LogP contribution in [0, 0.1) is 0 Å². The summed E-state index contributed by atoms with van der Waals surface area (Å²) in [6, 6.07) is 5.24. The predicted molar refractivity (Wildman–Crippen MR) is 89.0 cm³/mol. The van der Waals surface area contributed by atoms with Gasteiger partial charge in [0.15, 0.2) is 0 Å². The lowest BCUT2D eigenvalue weighted by Gasteiger charge is -2.31. The van der Waals surface area contributed by atoms with Crippen LogP contribution >= 0.6 is 39.3 Å². The number of nitrogens with zero attached hydrogens (tertiary/aromatic N) is 1. The monoisotopic (exact) mass is 397 g/mol. The minimum Gasteiger partial charge on any atom is -0.207 e. The van der Waals surface area contributed by atoms with E-state index in [0.29, 0.717) is 33.6 Å². The van der Waals surface area contributed by atoms with E-state index in [1.165, 1.54) is 0 Å². The van der Waals surface area contributed by atoms with Crippen molar-refractivity contribution in [3.63, 3.8) is 0 Å². The standard InChI is InChI=1S/C13H17BrClNO2S2/c1-2-11-9-16(5-6-19-11)20(17,18)13-7-10(8-15)3-4-12(13)14/h3-4,7,11H,2,5-6,8-9H2,1H3. The Morgan fingerprint density at radius 1 is 1.50 bits per heavy atom. The summed E-state index contributed by atoms with van der Waals surface area (Å²) in [7, 11) is -3.45. The SMILES string of the molecule is CCC1CN(S(=O)(=O)c2cc(CCl)ccc2Br)CCS1. The van der Waals surface area contributed by atoms with E-state index in [4.69, 9.17) is 11.6 Å². The van der Waals surface area contributed by atoms with Gasteiger partial charge >= 0.3 is 0 Å². The fraction of sp³-hybridized carbons (Fsp3) is 0.538. The predicted octanol–water partition coefficient (Wildman–Crippen LogP) is 3.70. The molecule has 20 heavy (non-hydrogen) atoms. The van der Waals surface area contributed by atoms with Crippen LogP contribution in [0.3, 0.4) is 0 Å². The number of alkyl halides is 1. The van der Waals surface area contributed by atoms with Crippen molar-refractivity contribution in [3.05, 3.63) is 28.2 Å². The van der Waals surface area contributed by atoms with Crippen molar-refractivity contribution in [2.45, 2.75) is 29.4 Å². The normalized spacial score (nSPS) is 21.1. The molecule has 0 N–H and O–H groups in total. The third-order valence-corrected chi connectivity index (χ3v) is 7.86. The van der Waals surface area contributed by atoms with Crippen LogP contribution < -0.4 is 0 Å². The van der Waals surface area contributed by atoms with Gasteiger partial charge < -0.3 is 0 Å². The molecular formula is C13H17BrClNO2S2. The second kappa shape index (κ2) is 7.01. The molecule has 1 unspecified atom stereocenters. The highest BCUT2D eigenvalue weighted by atomic mass is 79.9. The van der Waals surface area contributed by atoms with Gasteiger partial charge in [-0.05, 0) is 40.0 Å². The van der Waals surface area contributed by atoms with Gasteiger partial charge in [0.05, 0.1) is 4.90 Å². The summed E-state index contributed by atoms with van der Waals surface area (Å²) in [5.74, 6) is 1.16. The van der Waals surface area contributed by atoms with Gasteiger partial charge in [-0.3, -0.25) is 0 Å². The molecule has 1 aliphatic heterocycles. The van der Waals surface area contributed by atoms with E-state index in [9.17, 15) is 8.42 Å². The van der Waals surface area contributed by atoms with Gasteiger partial charge in [-0.25, -0.2) is 8.42 Å². The number of sulfonamides is 1. The first-order valence-corrected chi connectivity index (χ1v) is 10.3. The number of rotatable bonds is 4. The zero-order chi connectivity index (χ0) is 14.8. The highest BCUT2D eigenvalue weighted by Crippen LogP contribution is 2.30. The molecule has 1 atom stereocenters. The molecular weight excluding hydrogens is 382 g/mol. The van der Waals surface area contributed by atoms with Crippen LogP contribution in [0.15, 0.2) is 27.6 Å². The maximum Gasteiger partial charge on any atom is 0.244 e. The van der Waals surface area contributed by atoms with Gasteiger partial charge in [0.2, 0.25) is 10.0 Å². The zero-order valence-electron chi connectivity index (χ0n) is 11.2. The third kappa shape index (κ3) is 3.53. The third-order valence-electron chi connectivity index (χ3n) is 3.32. The quantitative estimate of drug-likeness (QED) is 0.726. The minimum absolute atomic E-state index is 0.309. The number of thioether (sulfide) groups is 1. The molecule has 1 heterocycles. The zero-order valence-corrected chi connectivity index (χ0v) is 15.2. The number of benzene rings is 1. The Bertz CT molecular complexity index is 580. The van der Waals surface area contributed by atoms with Crippen LogP contribution in [0.5, 0.6) is 0 Å². The molecule has 0 bridgehead atoms. The van der Waals surface area contributed by atoms with Crippen molar-refractivity contribution in [3.8, 4) is 0 Å². The summed E-state index contributed by atoms with van der Waals surface area (Å²) in [5.41, 5.74) is 0.812. The molecule has 1 fully saturated rings. The van der Waals surface area contributed by atoms with Crippen LogP contribution in [0.2, 0.25) is 0 Å². The van der Waals surface area contributed by atoms with Crippen LogP contribution in [-0.2, 0) is 15.9 Å². The van der Waals surface area contributed by atoms with Gasteiger partial charge in [0.25, 0.3) is 0 Å². The van der Waals surface area contributed by atoms with E-state index in [0.717, 1.165) is 17.7 Å². The Balaban J connectivity index is 2.34. The Hall–Kier alpha value is 0.250. The topological polar surface area (TPSA) is 37.4 Å². The van der Waals surface area contributed by atoms with E-state index in [1.807, 2.05) is 17.8 Å². The number of hydrogen-bond donors (Lipinski definition) is 0. The first kappa shape index (κ1) is 16.6. The lowest BCUT2D eigenvalue weighted by atomic mass is 10.2. The summed E-state index contributed by atoms with van der Waals surface area (Å²) in [4.78, 5) is 0.317. The minimum atomic E-state index is -3.45. The van der Waals surface area contributed by atoms with Gasteiger partial charge in [-0.15, -0.1) is 11.6 Å². The molecule has 0 spiro atoms. The first-order chi connectivity index (χ1) is 9.48. The second-order valence-corrected chi connectivity index (χ2v) is 9.10. The molecule has 0 radical (unpaired) electrons. The first-order valence-electron chi connectivity index (χ1n) is 6.45. The lowest BCUT2D eigenvalue weighted by molar-refractivity contribution is 0.415. The Morgan fingerprint density at radius 3 is 2.90 bits per heavy atom. The van der Waals surface area contributed by atoms with Crippen LogP contribution in [0.4, 0.5) is 0 Å². The summed E-state index contributed by atoms with van der Waals surface area (Å²) in [5, 5.41) is 0.383. The van der Waals surface area contributed by atoms with E-state index in [-0.39, 0.29) is 0 Å².